The molecule has 0 bridgehead atoms. The number of nitrogens with zero attached hydrogens (tertiary/aromatic N) is 6. The number of ether oxygens (including phenoxy) is 3. The SMILES string of the molecule is C=C(CN(C)c1nc(N(C)Cc2cc(C(C)(C)C)c(OC(C)=O)c(C(C)(C)C)c2)nc(N(C)Cc2cc(C(C)(C)C)c(OC(C)=O)c(C(C)(C)C)c2)n1)/C(C)=C(/C(OC(C)=O)=C(\C)C(C)(C)C)C(C)(C)C. The minimum Gasteiger partial charge on any atom is -0.426 e. The van der Waals surface area contributed by atoms with Crippen LogP contribution in [-0.4, -0.2) is 60.5 Å². The molecule has 392 valence electrons. The first-order chi connectivity index (χ1) is 31.9. The monoisotopic (exact) mass is 979 g/mol. The van der Waals surface area contributed by atoms with Gasteiger partial charge in [0.05, 0.1) is 0 Å². The third-order valence-electron chi connectivity index (χ3n) is 12.5. The minimum absolute atomic E-state index is 0.268. The van der Waals surface area contributed by atoms with E-state index >= 15 is 0 Å². The molecule has 0 fully saturated rings. The molecule has 1 aromatic heterocycles. The summed E-state index contributed by atoms with van der Waals surface area (Å²) in [5, 5.41) is 0. The molecule has 0 amide bonds. The van der Waals surface area contributed by atoms with Crippen molar-refractivity contribution >= 4 is 35.8 Å². The van der Waals surface area contributed by atoms with Crippen LogP contribution in [0.1, 0.15) is 193 Å². The summed E-state index contributed by atoms with van der Waals surface area (Å²) in [6, 6.07) is 8.48. The van der Waals surface area contributed by atoms with Crippen LogP contribution in [0.3, 0.4) is 0 Å². The van der Waals surface area contributed by atoms with Crippen LogP contribution in [0.4, 0.5) is 17.8 Å². The number of likely N-dealkylation sites (N-methyl/N-ethyl adjacent to an activating group) is 1. The van der Waals surface area contributed by atoms with Gasteiger partial charge in [-0.25, -0.2) is 0 Å². The molecule has 71 heavy (non-hydrogen) atoms. The maximum absolute atomic E-state index is 12.6. The van der Waals surface area contributed by atoms with E-state index in [0.29, 0.717) is 54.7 Å². The van der Waals surface area contributed by atoms with Crippen molar-refractivity contribution in [1.29, 1.82) is 0 Å². The average molecular weight is 979 g/mol. The molecule has 0 spiro atoms. The van der Waals surface area contributed by atoms with E-state index in [1.165, 1.54) is 20.8 Å². The predicted molar refractivity (Wildman–Crippen MR) is 293 cm³/mol. The lowest BCUT2D eigenvalue weighted by Crippen LogP contribution is -2.29. The van der Waals surface area contributed by atoms with Crippen molar-refractivity contribution in [2.24, 2.45) is 10.8 Å². The molecule has 0 saturated heterocycles. The summed E-state index contributed by atoms with van der Waals surface area (Å²) in [6.45, 7) is 52.4. The van der Waals surface area contributed by atoms with Gasteiger partial charge in [-0.15, -0.1) is 0 Å². The number of hydrogen-bond acceptors (Lipinski definition) is 12. The normalized spacial score (nSPS) is 13.5. The van der Waals surface area contributed by atoms with Gasteiger partial charge in [0.1, 0.15) is 17.3 Å². The van der Waals surface area contributed by atoms with Gasteiger partial charge in [0.25, 0.3) is 0 Å². The second-order valence-corrected chi connectivity index (χ2v) is 25.7. The van der Waals surface area contributed by atoms with Crippen molar-refractivity contribution in [3.63, 3.8) is 0 Å². The molecule has 0 radical (unpaired) electrons. The fourth-order valence-corrected chi connectivity index (χ4v) is 8.37. The van der Waals surface area contributed by atoms with Gasteiger partial charge in [-0.1, -0.05) is 131 Å². The largest absolute Gasteiger partial charge is 0.426 e. The Balaban J connectivity index is 2.36. The van der Waals surface area contributed by atoms with E-state index in [0.717, 1.165) is 55.7 Å². The Hall–Kier alpha value is -5.52. The van der Waals surface area contributed by atoms with Crippen molar-refractivity contribution in [1.82, 2.24) is 15.0 Å². The lowest BCUT2D eigenvalue weighted by atomic mass is 9.76. The maximum Gasteiger partial charge on any atom is 0.308 e. The van der Waals surface area contributed by atoms with Crippen molar-refractivity contribution in [3.8, 4) is 11.5 Å². The van der Waals surface area contributed by atoms with Gasteiger partial charge in [-0.05, 0) is 98.4 Å². The number of benzene rings is 2. The second-order valence-electron chi connectivity index (χ2n) is 25.7. The molecule has 12 nitrogen and oxygen atoms in total. The summed E-state index contributed by atoms with van der Waals surface area (Å²) in [7, 11) is 5.88. The highest BCUT2D eigenvalue weighted by Gasteiger charge is 2.34. The number of anilines is 3. The summed E-state index contributed by atoms with van der Waals surface area (Å²) >= 11 is 0. The Bertz CT molecular complexity index is 2370. The molecule has 12 heteroatoms. The number of aromatic nitrogens is 3. The first kappa shape index (κ1) is 59.8. The van der Waals surface area contributed by atoms with Crippen LogP contribution in [-0.2, 0) is 53.9 Å². The molecule has 0 unspecified atom stereocenters. The number of hydrogen-bond donors (Lipinski definition) is 0. The first-order valence-electron chi connectivity index (χ1n) is 24.9. The number of carbonyl (C=O) groups is 3. The smallest absolute Gasteiger partial charge is 0.308 e. The average Bonchev–Trinajstić information content (AvgIpc) is 3.17. The molecule has 0 aliphatic heterocycles. The third kappa shape index (κ3) is 15.7. The van der Waals surface area contributed by atoms with Gasteiger partial charge < -0.3 is 28.9 Å². The Morgan fingerprint density at radius 2 is 0.803 bits per heavy atom. The van der Waals surface area contributed by atoms with Crippen molar-refractivity contribution < 1.29 is 28.6 Å². The molecule has 0 N–H and O–H groups in total. The Morgan fingerprint density at radius 1 is 0.493 bits per heavy atom. The van der Waals surface area contributed by atoms with Crippen molar-refractivity contribution in [2.45, 2.75) is 194 Å². The molecule has 2 aromatic carbocycles. The van der Waals surface area contributed by atoms with E-state index in [9.17, 15) is 14.4 Å². The highest BCUT2D eigenvalue weighted by Crippen LogP contribution is 2.44. The number of allylic oxidation sites excluding steroid dienone is 2. The molecular weight excluding hydrogens is 889 g/mol. The summed E-state index contributed by atoms with van der Waals surface area (Å²) in [5.74, 6) is 2.01. The summed E-state index contributed by atoms with van der Waals surface area (Å²) in [4.78, 5) is 59.1. The Labute approximate surface area is 428 Å². The highest BCUT2D eigenvalue weighted by molar-refractivity contribution is 5.72. The molecule has 0 atom stereocenters. The molecule has 3 rings (SSSR count). The van der Waals surface area contributed by atoms with Crippen molar-refractivity contribution in [2.75, 3.05) is 42.4 Å². The zero-order valence-electron chi connectivity index (χ0n) is 48.8. The molecule has 1 heterocycles. The lowest BCUT2D eigenvalue weighted by Gasteiger charge is -2.33. The van der Waals surface area contributed by atoms with E-state index in [2.05, 4.69) is 155 Å². The van der Waals surface area contributed by atoms with E-state index in [-0.39, 0.29) is 45.0 Å². The van der Waals surface area contributed by atoms with E-state index in [4.69, 9.17) is 29.2 Å². The molecule has 0 aliphatic rings. The summed E-state index contributed by atoms with van der Waals surface area (Å²) < 4.78 is 18.0. The zero-order chi connectivity index (χ0) is 54.9. The summed E-state index contributed by atoms with van der Waals surface area (Å²) in [6.07, 6.45) is 0. The molecule has 0 aliphatic carbocycles. The van der Waals surface area contributed by atoms with Gasteiger partial charge in [-0.2, -0.15) is 15.0 Å². The maximum atomic E-state index is 12.6. The van der Waals surface area contributed by atoms with Crippen LogP contribution in [0, 0.1) is 10.8 Å². The van der Waals surface area contributed by atoms with Crippen LogP contribution in [0.5, 0.6) is 11.5 Å². The second kappa shape index (κ2) is 21.7. The number of rotatable bonds is 14. The van der Waals surface area contributed by atoms with Gasteiger partial charge in [0.15, 0.2) is 0 Å². The van der Waals surface area contributed by atoms with Gasteiger partial charge in [0, 0.05) is 89.4 Å². The topological polar surface area (TPSA) is 127 Å². The van der Waals surface area contributed by atoms with Gasteiger partial charge >= 0.3 is 17.9 Å². The number of carbonyl (C=O) groups excluding carboxylic acids is 3. The number of esters is 3. The fourth-order valence-electron chi connectivity index (χ4n) is 8.37. The quantitative estimate of drug-likeness (QED) is 0.0660. The van der Waals surface area contributed by atoms with Crippen LogP contribution < -0.4 is 24.2 Å². The highest BCUT2D eigenvalue weighted by atomic mass is 16.5. The zero-order valence-corrected chi connectivity index (χ0v) is 48.8. The van der Waals surface area contributed by atoms with Crippen LogP contribution in [0.2, 0.25) is 0 Å². The molecule has 0 saturated carbocycles. The van der Waals surface area contributed by atoms with Crippen LogP contribution in [0.25, 0.3) is 0 Å². The standard InChI is InChI=1S/C59H90N6O6/c1-35(36(2)47(59(22,23)24)48(69-38(4)66)37(3)54(7,8)9)32-63(25)51-60-52(64(26)33-41-28-43(55(10,11)12)49(70-39(5)67)44(29-41)56(13,14)15)62-53(61-51)65(27)34-42-30-45(57(16,17)18)50(71-40(6)68)46(31-42)58(19,20)21/h28-31H,1,32-34H2,2-27H3/b47-36-,48-37-. The fraction of sp³-hybridized carbons (Fsp3) is 0.593. The Morgan fingerprint density at radius 3 is 1.06 bits per heavy atom. The lowest BCUT2D eigenvalue weighted by molar-refractivity contribution is -0.137. The van der Waals surface area contributed by atoms with E-state index < -0.39 is 5.41 Å². The van der Waals surface area contributed by atoms with Crippen molar-refractivity contribution in [3.05, 3.63) is 92.3 Å². The van der Waals surface area contributed by atoms with Gasteiger partial charge in [-0.3, -0.25) is 14.4 Å². The van der Waals surface area contributed by atoms with E-state index in [1.807, 2.05) is 49.7 Å². The van der Waals surface area contributed by atoms with E-state index in [1.54, 1.807) is 0 Å². The Kier molecular flexibility index (Phi) is 18.3. The predicted octanol–water partition coefficient (Wildman–Crippen LogP) is 13.4. The molecular formula is C59H90N6O6. The minimum atomic E-state index is -0.409. The van der Waals surface area contributed by atoms with Crippen LogP contribution in [0.15, 0.2) is 58.9 Å². The first-order valence-corrected chi connectivity index (χ1v) is 24.9. The molecule has 3 aromatic rings. The summed E-state index contributed by atoms with van der Waals surface area (Å²) in [5.41, 5.74) is 7.32. The van der Waals surface area contributed by atoms with Crippen LogP contribution >= 0.6 is 0 Å². The van der Waals surface area contributed by atoms with Gasteiger partial charge in [0.2, 0.25) is 17.8 Å². The third-order valence-corrected chi connectivity index (χ3v) is 12.5.